The second kappa shape index (κ2) is 14.7. The Morgan fingerprint density at radius 1 is 0.673 bits per heavy atom. The summed E-state index contributed by atoms with van der Waals surface area (Å²) < 4.78 is 84.4. The van der Waals surface area contributed by atoms with Crippen molar-refractivity contribution in [1.29, 1.82) is 0 Å². The van der Waals surface area contributed by atoms with Crippen molar-refractivity contribution in [1.82, 2.24) is 0 Å². The molecular weight excluding hydrogens is 848 g/mol. The molecule has 2 aliphatic rings. The first-order chi connectivity index (χ1) is 24.2. The van der Waals surface area contributed by atoms with Gasteiger partial charge >= 0.3 is 18.3 Å². The van der Waals surface area contributed by atoms with Gasteiger partial charge < -0.3 is 14.8 Å². The fourth-order valence-electron chi connectivity index (χ4n) is 5.60. The van der Waals surface area contributed by atoms with Crippen LogP contribution in [0.1, 0.15) is 56.6 Å². The van der Waals surface area contributed by atoms with Crippen LogP contribution < -0.4 is 0 Å². The number of hydrogen-bond donors (Lipinski definition) is 1. The molecule has 52 heavy (non-hydrogen) atoms. The zero-order valence-corrected chi connectivity index (χ0v) is 31.2. The molecule has 0 radical (unpaired) electrons. The Morgan fingerprint density at radius 2 is 1.06 bits per heavy atom. The van der Waals surface area contributed by atoms with E-state index in [4.69, 9.17) is 61.2 Å². The Labute approximate surface area is 321 Å². The predicted molar refractivity (Wildman–Crippen MR) is 190 cm³/mol. The zero-order valence-electron chi connectivity index (χ0n) is 26.6. The average molecular weight is 871 g/mol. The van der Waals surface area contributed by atoms with Gasteiger partial charge in [-0.1, -0.05) is 84.8 Å². The molecule has 4 aromatic carbocycles. The second-order valence-corrected chi connectivity index (χ2v) is 14.5. The molecule has 0 bridgehead atoms. The quantitative estimate of drug-likeness (QED) is 0.203. The maximum Gasteiger partial charge on any atom is 0.435 e. The molecular formula is C35H23BrCl4F6N2O4. The Balaban J connectivity index is 0.000000202. The average Bonchev–Trinajstić information content (AvgIpc) is 3.69. The molecule has 4 aromatic rings. The van der Waals surface area contributed by atoms with E-state index in [-0.39, 0.29) is 48.2 Å². The summed E-state index contributed by atoms with van der Waals surface area (Å²) in [6.07, 6.45) is -10.5. The van der Waals surface area contributed by atoms with Crippen molar-refractivity contribution >= 4 is 79.7 Å². The van der Waals surface area contributed by atoms with Crippen LogP contribution in [0.25, 0.3) is 0 Å². The summed E-state index contributed by atoms with van der Waals surface area (Å²) in [6.45, 7) is 3.40. The first kappa shape index (κ1) is 39.7. The molecule has 0 aliphatic carbocycles. The third-order valence-electron chi connectivity index (χ3n) is 8.31. The molecule has 0 amide bonds. The molecule has 0 spiro atoms. The summed E-state index contributed by atoms with van der Waals surface area (Å²) in [5.74, 6) is -1.12. The molecule has 0 fully saturated rings. The maximum atomic E-state index is 13.9. The van der Waals surface area contributed by atoms with Gasteiger partial charge in [0, 0.05) is 48.5 Å². The first-order valence-corrected chi connectivity index (χ1v) is 17.1. The Bertz CT molecular complexity index is 2090. The number of carboxylic acids is 1. The highest BCUT2D eigenvalue weighted by Crippen LogP contribution is 2.51. The number of nitrogens with zero attached hydrogens (tertiary/aromatic N) is 2. The van der Waals surface area contributed by atoms with Crippen LogP contribution >= 0.6 is 62.3 Å². The molecule has 6 rings (SSSR count). The number of carboxylic acid groups (broad SMARTS) is 1. The van der Waals surface area contributed by atoms with Crippen LogP contribution in [0.3, 0.4) is 0 Å². The lowest BCUT2D eigenvalue weighted by Crippen LogP contribution is -2.42. The summed E-state index contributed by atoms with van der Waals surface area (Å²) >= 11 is 26.9. The van der Waals surface area contributed by atoms with Crippen molar-refractivity contribution in [3.8, 4) is 0 Å². The van der Waals surface area contributed by atoms with Gasteiger partial charge in [0.25, 0.3) is 11.2 Å². The van der Waals surface area contributed by atoms with Gasteiger partial charge in [0.1, 0.15) is 0 Å². The van der Waals surface area contributed by atoms with E-state index in [1.165, 1.54) is 42.5 Å². The van der Waals surface area contributed by atoms with Gasteiger partial charge in [0.2, 0.25) is 0 Å². The normalized spacial score (nSPS) is 19.9. The van der Waals surface area contributed by atoms with E-state index in [1.54, 1.807) is 25.1 Å². The number of rotatable bonds is 5. The molecule has 274 valence electrons. The second-order valence-electron chi connectivity index (χ2n) is 11.9. The van der Waals surface area contributed by atoms with E-state index in [0.717, 1.165) is 22.2 Å². The summed E-state index contributed by atoms with van der Waals surface area (Å²) in [5.41, 5.74) is -3.26. The van der Waals surface area contributed by atoms with E-state index >= 15 is 0 Å². The zero-order chi connectivity index (χ0) is 38.4. The number of oxime groups is 2. The fraction of sp³-hybridized carbons (Fsp3) is 0.229. The Morgan fingerprint density at radius 3 is 1.40 bits per heavy atom. The molecule has 0 aromatic heterocycles. The molecule has 17 heteroatoms. The molecule has 2 unspecified atom stereocenters. The van der Waals surface area contributed by atoms with Gasteiger partial charge in [-0.15, -0.1) is 0 Å². The van der Waals surface area contributed by atoms with Crippen LogP contribution in [0.4, 0.5) is 26.3 Å². The number of alkyl halides is 6. The van der Waals surface area contributed by atoms with Crippen LogP contribution in [-0.4, -0.2) is 34.9 Å². The molecule has 0 saturated heterocycles. The van der Waals surface area contributed by atoms with Gasteiger partial charge in [-0.2, -0.15) is 26.3 Å². The van der Waals surface area contributed by atoms with Gasteiger partial charge in [0.15, 0.2) is 0 Å². The third-order valence-corrected chi connectivity index (χ3v) is 10.1. The monoisotopic (exact) mass is 868 g/mol. The lowest BCUT2D eigenvalue weighted by atomic mass is 9.86. The van der Waals surface area contributed by atoms with Crippen molar-refractivity contribution in [2.24, 2.45) is 10.3 Å². The Kier molecular flexibility index (Phi) is 11.3. The number of aryl methyl sites for hydroxylation is 2. The standard InChI is InChI=1S/C18H12Cl2F3NO3.C17H11BrCl2F3NO/c1-9-4-10(2-3-14(9)16(25)26)15-8-17(27-24-15,18(21,22)23)11-5-12(19)7-13(20)6-11;1-9-4-10(2-3-14(9)18)15-8-16(25-24-15,17(21,22)23)11-5-12(19)7-13(20)6-11/h2-7H,8H2,1H3,(H,25,26);2-7H,8H2,1H3. The van der Waals surface area contributed by atoms with Gasteiger partial charge in [-0.3, -0.25) is 0 Å². The molecule has 6 nitrogen and oxygen atoms in total. The predicted octanol–water partition coefficient (Wildman–Crippen LogP) is 12.2. The highest BCUT2D eigenvalue weighted by atomic mass is 79.9. The third kappa shape index (κ3) is 7.89. The van der Waals surface area contributed by atoms with Crippen LogP contribution in [0.5, 0.6) is 0 Å². The van der Waals surface area contributed by atoms with Gasteiger partial charge in [0.05, 0.1) is 17.0 Å². The SMILES string of the molecule is Cc1cc(C2=NOC(c3cc(Cl)cc(Cl)c3)(C(F)(F)F)C2)ccc1Br.Cc1cc(C2=NOC(c3cc(Cl)cc(Cl)c3)(C(F)(F)F)C2)ccc1C(=O)O. The highest BCUT2D eigenvalue weighted by Gasteiger charge is 2.63. The molecule has 2 heterocycles. The maximum absolute atomic E-state index is 13.9. The van der Waals surface area contributed by atoms with Crippen LogP contribution in [0, 0.1) is 13.8 Å². The smallest absolute Gasteiger partial charge is 0.435 e. The van der Waals surface area contributed by atoms with Crippen molar-refractivity contribution in [2.75, 3.05) is 0 Å². The van der Waals surface area contributed by atoms with Gasteiger partial charge in [-0.25, -0.2) is 4.79 Å². The van der Waals surface area contributed by atoms with Crippen molar-refractivity contribution in [2.45, 2.75) is 50.2 Å². The number of hydrogen-bond acceptors (Lipinski definition) is 5. The van der Waals surface area contributed by atoms with E-state index in [2.05, 4.69) is 26.2 Å². The summed E-state index contributed by atoms with van der Waals surface area (Å²) in [5, 5.41) is 16.7. The molecule has 1 N–H and O–H groups in total. The van der Waals surface area contributed by atoms with E-state index < -0.39 is 42.4 Å². The lowest BCUT2D eigenvalue weighted by molar-refractivity contribution is -0.276. The van der Waals surface area contributed by atoms with E-state index in [9.17, 15) is 31.1 Å². The first-order valence-electron chi connectivity index (χ1n) is 14.8. The van der Waals surface area contributed by atoms with Crippen molar-refractivity contribution in [3.63, 3.8) is 0 Å². The van der Waals surface area contributed by atoms with E-state index in [1.807, 2.05) is 6.92 Å². The minimum atomic E-state index is -4.79. The van der Waals surface area contributed by atoms with Crippen molar-refractivity contribution < 1.29 is 45.9 Å². The van der Waals surface area contributed by atoms with Crippen LogP contribution in [0.15, 0.2) is 87.6 Å². The molecule has 0 saturated carbocycles. The summed E-state index contributed by atoms with van der Waals surface area (Å²) in [6, 6.07) is 16.7. The molecule has 2 aliphatic heterocycles. The lowest BCUT2D eigenvalue weighted by Gasteiger charge is -2.29. The number of carbonyl (C=O) groups is 1. The fourth-order valence-corrected chi connectivity index (χ4v) is 6.90. The summed E-state index contributed by atoms with van der Waals surface area (Å²) in [4.78, 5) is 21.0. The minimum Gasteiger partial charge on any atom is -0.478 e. The minimum absolute atomic E-state index is 0.0415. The van der Waals surface area contributed by atoms with Gasteiger partial charge in [-0.05, 0) is 96.8 Å². The van der Waals surface area contributed by atoms with Crippen LogP contribution in [0.2, 0.25) is 20.1 Å². The largest absolute Gasteiger partial charge is 0.478 e. The van der Waals surface area contributed by atoms with Crippen molar-refractivity contribution in [3.05, 3.63) is 136 Å². The number of benzene rings is 4. The van der Waals surface area contributed by atoms with Crippen LogP contribution in [-0.2, 0) is 20.9 Å². The van der Waals surface area contributed by atoms with E-state index in [0.29, 0.717) is 16.7 Å². The number of halogens is 11. The summed E-state index contributed by atoms with van der Waals surface area (Å²) in [7, 11) is 0. The molecule has 2 atom stereocenters. The topological polar surface area (TPSA) is 80.5 Å². The number of aromatic carboxylic acids is 1. The highest BCUT2D eigenvalue weighted by molar-refractivity contribution is 9.10. The Hall–Kier alpha value is -3.49.